The van der Waals surface area contributed by atoms with E-state index in [9.17, 15) is 0 Å². The second kappa shape index (κ2) is 12.1. The van der Waals surface area contributed by atoms with E-state index in [1.807, 2.05) is 91.0 Å². The van der Waals surface area contributed by atoms with Crippen molar-refractivity contribution in [2.75, 3.05) is 0 Å². The maximum absolute atomic E-state index is 6.42. The molecule has 0 radical (unpaired) electrons. The fraction of sp³-hybridized carbons (Fsp3) is 0. The number of para-hydroxylation sites is 1. The van der Waals surface area contributed by atoms with Gasteiger partial charge in [-0.1, -0.05) is 140 Å². The number of nitrogens with zero attached hydrogens (tertiary/aromatic N) is 4. The van der Waals surface area contributed by atoms with Crippen LogP contribution in [0.15, 0.2) is 179 Å². The topological polar surface area (TPSA) is 77.8 Å². The third-order valence-corrected chi connectivity index (χ3v) is 10.2. The first-order chi connectivity index (χ1) is 26.7. The maximum Gasteiger partial charge on any atom is 0.227 e. The van der Waals surface area contributed by atoms with Crippen LogP contribution in [0.4, 0.5) is 0 Å². The van der Waals surface area contributed by atoms with Crippen LogP contribution in [0.5, 0.6) is 0 Å². The molecule has 0 fully saturated rings. The van der Waals surface area contributed by atoms with Crippen LogP contribution in [0.25, 0.3) is 111 Å². The van der Waals surface area contributed by atoms with Crippen molar-refractivity contribution < 1.29 is 8.83 Å². The Morgan fingerprint density at radius 1 is 0.333 bits per heavy atom. The molecule has 0 amide bonds. The zero-order valence-corrected chi connectivity index (χ0v) is 28.8. The van der Waals surface area contributed by atoms with Gasteiger partial charge in [-0.15, -0.1) is 0 Å². The van der Waals surface area contributed by atoms with Gasteiger partial charge in [0.1, 0.15) is 16.7 Å². The van der Waals surface area contributed by atoms with Gasteiger partial charge in [-0.25, -0.2) is 19.9 Å². The number of fused-ring (bicyclic) bond motifs is 9. The first-order valence-electron chi connectivity index (χ1n) is 17.9. The lowest BCUT2D eigenvalue weighted by Crippen LogP contribution is -2.00. The number of rotatable bonds is 5. The maximum atomic E-state index is 6.42. The van der Waals surface area contributed by atoms with Gasteiger partial charge in [-0.3, -0.25) is 0 Å². The summed E-state index contributed by atoms with van der Waals surface area (Å²) in [6, 6.07) is 57.6. The van der Waals surface area contributed by atoms with Crippen molar-refractivity contribution in [3.05, 3.63) is 170 Å². The molecule has 0 atom stereocenters. The SMILES string of the molecule is c1ccc(-c2nc(-c3ccc(-c4ccc5c(c4)c4ccccc4c4oc(-c6ccccc6)nc54)cc3)nc(-c3cccc4oc5ccccc5c34)n2)cc1. The highest BCUT2D eigenvalue weighted by Gasteiger charge is 2.19. The van der Waals surface area contributed by atoms with E-state index in [4.69, 9.17) is 28.8 Å². The van der Waals surface area contributed by atoms with Gasteiger partial charge in [0.15, 0.2) is 23.1 Å². The minimum absolute atomic E-state index is 0.594. The summed E-state index contributed by atoms with van der Waals surface area (Å²) < 4.78 is 12.6. The van der Waals surface area contributed by atoms with Crippen LogP contribution in [0.3, 0.4) is 0 Å². The van der Waals surface area contributed by atoms with Gasteiger partial charge in [0, 0.05) is 43.8 Å². The zero-order valence-electron chi connectivity index (χ0n) is 28.8. The molecule has 3 aromatic heterocycles. The first kappa shape index (κ1) is 30.2. The van der Waals surface area contributed by atoms with Crippen molar-refractivity contribution in [2.45, 2.75) is 0 Å². The number of hydrogen-bond acceptors (Lipinski definition) is 6. The molecule has 0 saturated heterocycles. The van der Waals surface area contributed by atoms with E-state index in [2.05, 4.69) is 78.9 Å². The Kier molecular flexibility index (Phi) is 6.75. The lowest BCUT2D eigenvalue weighted by atomic mass is 9.95. The molecule has 6 nitrogen and oxygen atoms in total. The predicted octanol–water partition coefficient (Wildman–Crippen LogP) is 12.6. The minimum Gasteiger partial charge on any atom is -0.456 e. The van der Waals surface area contributed by atoms with Crippen LogP contribution in [0.1, 0.15) is 0 Å². The third-order valence-electron chi connectivity index (χ3n) is 10.2. The van der Waals surface area contributed by atoms with E-state index in [1.54, 1.807) is 0 Å². The number of aromatic nitrogens is 4. The zero-order chi connectivity index (χ0) is 35.6. The number of benzene rings is 8. The summed E-state index contributed by atoms with van der Waals surface area (Å²) >= 11 is 0. The number of oxazole rings is 1. The van der Waals surface area contributed by atoms with Crippen LogP contribution >= 0.6 is 0 Å². The van der Waals surface area contributed by atoms with Crippen molar-refractivity contribution >= 4 is 54.6 Å². The van der Waals surface area contributed by atoms with E-state index in [0.717, 1.165) is 88.0 Å². The Hall–Kier alpha value is -7.44. The van der Waals surface area contributed by atoms with Crippen molar-refractivity contribution in [1.82, 2.24) is 19.9 Å². The second-order valence-electron chi connectivity index (χ2n) is 13.4. The summed E-state index contributed by atoms with van der Waals surface area (Å²) in [7, 11) is 0. The average molecular weight is 693 g/mol. The highest BCUT2D eigenvalue weighted by molar-refractivity contribution is 6.23. The van der Waals surface area contributed by atoms with E-state index in [1.165, 1.54) is 0 Å². The summed E-state index contributed by atoms with van der Waals surface area (Å²) in [6.45, 7) is 0. The van der Waals surface area contributed by atoms with Gasteiger partial charge in [0.25, 0.3) is 0 Å². The number of furan rings is 1. The van der Waals surface area contributed by atoms with Crippen molar-refractivity contribution in [2.24, 2.45) is 0 Å². The molecule has 3 heterocycles. The molecule has 0 aliphatic heterocycles. The summed E-state index contributed by atoms with van der Waals surface area (Å²) in [4.78, 5) is 20.1. The van der Waals surface area contributed by atoms with Crippen LogP contribution in [-0.4, -0.2) is 19.9 Å². The van der Waals surface area contributed by atoms with E-state index < -0.39 is 0 Å². The van der Waals surface area contributed by atoms with E-state index in [-0.39, 0.29) is 0 Å². The van der Waals surface area contributed by atoms with E-state index in [0.29, 0.717) is 23.4 Å². The molecule has 11 rings (SSSR count). The predicted molar refractivity (Wildman–Crippen MR) is 217 cm³/mol. The summed E-state index contributed by atoms with van der Waals surface area (Å²) in [5, 5.41) is 6.37. The molecule has 0 aliphatic rings. The van der Waals surface area contributed by atoms with Gasteiger partial charge in [0.05, 0.1) is 0 Å². The van der Waals surface area contributed by atoms with Crippen LogP contribution in [-0.2, 0) is 0 Å². The fourth-order valence-electron chi connectivity index (χ4n) is 7.57. The van der Waals surface area contributed by atoms with Crippen LogP contribution in [0.2, 0.25) is 0 Å². The molecule has 8 aromatic carbocycles. The number of hydrogen-bond donors (Lipinski definition) is 0. The molecule has 0 aliphatic carbocycles. The van der Waals surface area contributed by atoms with Crippen molar-refractivity contribution in [3.8, 4) is 56.7 Å². The molecule has 6 heteroatoms. The largest absolute Gasteiger partial charge is 0.456 e. The quantitative estimate of drug-likeness (QED) is 0.167. The molecular weight excluding hydrogens is 665 g/mol. The molecule has 0 bridgehead atoms. The molecule has 54 heavy (non-hydrogen) atoms. The Balaban J connectivity index is 1.03. The van der Waals surface area contributed by atoms with Gasteiger partial charge < -0.3 is 8.83 Å². The lowest BCUT2D eigenvalue weighted by molar-refractivity contribution is 0.623. The van der Waals surface area contributed by atoms with Gasteiger partial charge in [-0.2, -0.15) is 0 Å². The molecular formula is C48H28N4O2. The first-order valence-corrected chi connectivity index (χ1v) is 17.9. The van der Waals surface area contributed by atoms with Gasteiger partial charge in [-0.05, 0) is 52.2 Å². The Morgan fingerprint density at radius 2 is 0.926 bits per heavy atom. The van der Waals surface area contributed by atoms with Crippen molar-refractivity contribution in [3.63, 3.8) is 0 Å². The van der Waals surface area contributed by atoms with E-state index >= 15 is 0 Å². The molecule has 11 aromatic rings. The Bertz CT molecular complexity index is 3200. The normalized spacial score (nSPS) is 11.7. The standard InChI is InChI=1S/C48H28N4O2/c1-3-12-30(13-4-1)45-50-46(52-47(51-45)38-19-11-21-41-42(38)37-18-9-10-20-40(37)53-41)31-24-22-29(23-25-31)33-26-27-35-39(28-33)34-16-7-8-17-36(34)44-43(35)49-48(54-44)32-14-5-2-6-15-32/h1-28H. The van der Waals surface area contributed by atoms with Crippen molar-refractivity contribution in [1.29, 1.82) is 0 Å². The summed E-state index contributed by atoms with van der Waals surface area (Å²) in [5.74, 6) is 2.42. The molecule has 0 spiro atoms. The summed E-state index contributed by atoms with van der Waals surface area (Å²) in [5.41, 5.74) is 9.15. The lowest BCUT2D eigenvalue weighted by Gasteiger charge is -2.11. The highest BCUT2D eigenvalue weighted by Crippen LogP contribution is 2.40. The summed E-state index contributed by atoms with van der Waals surface area (Å²) in [6.07, 6.45) is 0. The van der Waals surface area contributed by atoms with Crippen LogP contribution in [0, 0.1) is 0 Å². The minimum atomic E-state index is 0.594. The Labute approximate surface area is 309 Å². The fourth-order valence-corrected chi connectivity index (χ4v) is 7.57. The monoisotopic (exact) mass is 692 g/mol. The second-order valence-corrected chi connectivity index (χ2v) is 13.4. The van der Waals surface area contributed by atoms with Crippen LogP contribution < -0.4 is 0 Å². The Morgan fingerprint density at radius 3 is 1.70 bits per heavy atom. The highest BCUT2D eigenvalue weighted by atomic mass is 16.3. The third kappa shape index (κ3) is 4.89. The smallest absolute Gasteiger partial charge is 0.227 e. The molecule has 0 saturated carbocycles. The van der Waals surface area contributed by atoms with Gasteiger partial charge in [0.2, 0.25) is 5.89 Å². The molecule has 252 valence electrons. The molecule has 0 N–H and O–H groups in total. The van der Waals surface area contributed by atoms with Gasteiger partial charge >= 0.3 is 0 Å². The average Bonchev–Trinajstić information content (AvgIpc) is 3.87. The molecule has 0 unspecified atom stereocenters.